The highest BCUT2D eigenvalue weighted by molar-refractivity contribution is 6.39. The average Bonchev–Trinajstić information content (AvgIpc) is 2.61. The summed E-state index contributed by atoms with van der Waals surface area (Å²) in [5.74, 6) is -2.14. The summed E-state index contributed by atoms with van der Waals surface area (Å²) in [5.41, 5.74) is -0.384. The van der Waals surface area contributed by atoms with Gasteiger partial charge in [0.25, 0.3) is 0 Å². The van der Waals surface area contributed by atoms with Crippen molar-refractivity contribution in [1.82, 2.24) is 5.32 Å². The third kappa shape index (κ3) is 4.78. The van der Waals surface area contributed by atoms with Crippen molar-refractivity contribution in [1.29, 1.82) is 0 Å². The summed E-state index contributed by atoms with van der Waals surface area (Å²) < 4.78 is 19.4. The Morgan fingerprint density at radius 2 is 1.76 bits per heavy atom. The lowest BCUT2D eigenvalue weighted by Crippen LogP contribution is -2.44. The first-order valence-corrected chi connectivity index (χ1v) is 7.88. The fraction of sp³-hybridized carbons (Fsp3) is 0.222. The number of amides is 2. The van der Waals surface area contributed by atoms with Gasteiger partial charge < -0.3 is 15.4 Å². The van der Waals surface area contributed by atoms with Crippen molar-refractivity contribution < 1.29 is 18.7 Å². The largest absolute Gasteiger partial charge is 0.372 e. The van der Waals surface area contributed by atoms with Gasteiger partial charge in [-0.25, -0.2) is 4.39 Å². The quantitative estimate of drug-likeness (QED) is 0.801. The van der Waals surface area contributed by atoms with Crippen molar-refractivity contribution in [2.24, 2.45) is 0 Å². The number of carbonyl (C=O) groups excluding carboxylic acids is 2. The summed E-state index contributed by atoms with van der Waals surface area (Å²) in [7, 11) is 1.41. The van der Waals surface area contributed by atoms with Crippen LogP contribution in [-0.4, -0.2) is 25.5 Å². The van der Waals surface area contributed by atoms with E-state index in [2.05, 4.69) is 10.6 Å². The van der Waals surface area contributed by atoms with Crippen LogP contribution in [0.2, 0.25) is 5.02 Å². The minimum absolute atomic E-state index is 0.0721. The molecule has 2 aromatic carbocycles. The van der Waals surface area contributed by atoms with E-state index in [0.717, 1.165) is 0 Å². The van der Waals surface area contributed by atoms with E-state index in [0.29, 0.717) is 10.7 Å². The standard InChI is InChI=1S/C18H18ClFN2O3/c1-18(25-2,14-5-3-4-6-15(14)20)11-21-16(23)17(24)22-13-9-7-12(19)8-10-13/h3-10H,11H2,1-2H3,(H,21,23)(H,22,24). The maximum atomic E-state index is 14.0. The van der Waals surface area contributed by atoms with E-state index in [1.807, 2.05) is 0 Å². The van der Waals surface area contributed by atoms with Gasteiger partial charge in [0.15, 0.2) is 0 Å². The zero-order valence-corrected chi connectivity index (χ0v) is 14.6. The number of rotatable bonds is 5. The Bertz CT molecular complexity index is 767. The minimum Gasteiger partial charge on any atom is -0.372 e. The highest BCUT2D eigenvalue weighted by Crippen LogP contribution is 2.26. The molecule has 132 valence electrons. The van der Waals surface area contributed by atoms with Crippen LogP contribution < -0.4 is 10.6 Å². The number of carbonyl (C=O) groups is 2. The monoisotopic (exact) mass is 364 g/mol. The molecule has 0 aliphatic rings. The van der Waals surface area contributed by atoms with E-state index in [-0.39, 0.29) is 12.1 Å². The molecule has 5 nitrogen and oxygen atoms in total. The smallest absolute Gasteiger partial charge is 0.313 e. The molecule has 2 aromatic rings. The molecule has 2 amide bonds. The van der Waals surface area contributed by atoms with E-state index in [1.54, 1.807) is 49.4 Å². The van der Waals surface area contributed by atoms with Crippen LogP contribution in [0.4, 0.5) is 10.1 Å². The summed E-state index contributed by atoms with van der Waals surface area (Å²) in [6.45, 7) is 1.56. The van der Waals surface area contributed by atoms with Gasteiger partial charge in [-0.15, -0.1) is 0 Å². The van der Waals surface area contributed by atoms with Crippen LogP contribution >= 0.6 is 11.6 Å². The van der Waals surface area contributed by atoms with Crippen LogP contribution in [0.1, 0.15) is 12.5 Å². The lowest BCUT2D eigenvalue weighted by Gasteiger charge is -2.29. The highest BCUT2D eigenvalue weighted by atomic mass is 35.5. The Morgan fingerprint density at radius 1 is 1.12 bits per heavy atom. The van der Waals surface area contributed by atoms with Crippen molar-refractivity contribution in [2.75, 3.05) is 19.0 Å². The molecule has 0 aromatic heterocycles. The van der Waals surface area contributed by atoms with Crippen LogP contribution in [0.25, 0.3) is 0 Å². The van der Waals surface area contributed by atoms with E-state index >= 15 is 0 Å². The van der Waals surface area contributed by atoms with Gasteiger partial charge in [-0.2, -0.15) is 0 Å². The molecule has 0 bridgehead atoms. The molecule has 1 atom stereocenters. The zero-order valence-electron chi connectivity index (χ0n) is 13.8. The molecular formula is C18H18ClFN2O3. The number of hydrogen-bond acceptors (Lipinski definition) is 3. The third-order valence-electron chi connectivity index (χ3n) is 3.79. The molecule has 0 saturated carbocycles. The number of nitrogens with one attached hydrogen (secondary N) is 2. The van der Waals surface area contributed by atoms with Crippen molar-refractivity contribution in [3.05, 3.63) is 64.9 Å². The number of benzene rings is 2. The fourth-order valence-corrected chi connectivity index (χ4v) is 2.34. The molecular weight excluding hydrogens is 347 g/mol. The van der Waals surface area contributed by atoms with Gasteiger partial charge in [-0.05, 0) is 37.3 Å². The van der Waals surface area contributed by atoms with Crippen molar-refractivity contribution in [3.8, 4) is 0 Å². The second-order valence-corrected chi connectivity index (χ2v) is 5.99. The fourth-order valence-electron chi connectivity index (χ4n) is 2.22. The van der Waals surface area contributed by atoms with Crippen LogP contribution in [0.3, 0.4) is 0 Å². The predicted molar refractivity (Wildman–Crippen MR) is 93.9 cm³/mol. The molecule has 2 rings (SSSR count). The van der Waals surface area contributed by atoms with Gasteiger partial charge in [0, 0.05) is 23.4 Å². The Morgan fingerprint density at radius 3 is 2.36 bits per heavy atom. The molecule has 0 fully saturated rings. The first kappa shape index (κ1) is 18.9. The predicted octanol–water partition coefficient (Wildman–Crippen LogP) is 3.10. The first-order valence-electron chi connectivity index (χ1n) is 7.50. The number of hydrogen-bond donors (Lipinski definition) is 2. The van der Waals surface area contributed by atoms with Crippen LogP contribution in [0, 0.1) is 5.82 Å². The van der Waals surface area contributed by atoms with Crippen LogP contribution in [-0.2, 0) is 19.9 Å². The molecule has 2 N–H and O–H groups in total. The van der Waals surface area contributed by atoms with Gasteiger partial charge in [-0.1, -0.05) is 29.8 Å². The minimum atomic E-state index is -1.11. The van der Waals surface area contributed by atoms with Gasteiger partial charge in [0.2, 0.25) is 0 Å². The maximum Gasteiger partial charge on any atom is 0.313 e. The summed E-state index contributed by atoms with van der Waals surface area (Å²) in [6.07, 6.45) is 0. The molecule has 0 radical (unpaired) electrons. The number of ether oxygens (including phenoxy) is 1. The normalized spacial score (nSPS) is 13.0. The molecule has 0 heterocycles. The number of halogens is 2. The van der Waals surface area contributed by atoms with Crippen molar-refractivity contribution in [2.45, 2.75) is 12.5 Å². The van der Waals surface area contributed by atoms with Gasteiger partial charge >= 0.3 is 11.8 Å². The average molecular weight is 365 g/mol. The molecule has 25 heavy (non-hydrogen) atoms. The Kier molecular flexibility index (Phi) is 6.12. The topological polar surface area (TPSA) is 67.4 Å². The van der Waals surface area contributed by atoms with E-state index < -0.39 is 23.2 Å². The Balaban J connectivity index is 2.00. The number of methoxy groups -OCH3 is 1. The summed E-state index contributed by atoms with van der Waals surface area (Å²) in [6, 6.07) is 12.4. The lowest BCUT2D eigenvalue weighted by atomic mass is 9.95. The molecule has 0 aliphatic heterocycles. The molecule has 7 heteroatoms. The van der Waals surface area contributed by atoms with Crippen molar-refractivity contribution >= 4 is 29.1 Å². The Hall–Kier alpha value is -2.44. The molecule has 0 saturated heterocycles. The van der Waals surface area contributed by atoms with Crippen LogP contribution in [0.15, 0.2) is 48.5 Å². The molecule has 0 aliphatic carbocycles. The Labute approximate surface area is 150 Å². The highest BCUT2D eigenvalue weighted by Gasteiger charge is 2.30. The summed E-state index contributed by atoms with van der Waals surface area (Å²) in [5, 5.41) is 5.43. The zero-order chi connectivity index (χ0) is 18.4. The van der Waals surface area contributed by atoms with E-state index in [9.17, 15) is 14.0 Å². The summed E-state index contributed by atoms with van der Waals surface area (Å²) in [4.78, 5) is 23.9. The summed E-state index contributed by atoms with van der Waals surface area (Å²) >= 11 is 5.76. The van der Waals surface area contributed by atoms with Gasteiger partial charge in [0.1, 0.15) is 11.4 Å². The van der Waals surface area contributed by atoms with Crippen molar-refractivity contribution in [3.63, 3.8) is 0 Å². The van der Waals surface area contributed by atoms with E-state index in [4.69, 9.17) is 16.3 Å². The maximum absolute atomic E-state index is 14.0. The molecule has 1 unspecified atom stereocenters. The third-order valence-corrected chi connectivity index (χ3v) is 4.04. The van der Waals surface area contributed by atoms with Gasteiger partial charge in [0.05, 0.1) is 6.54 Å². The van der Waals surface area contributed by atoms with Gasteiger partial charge in [-0.3, -0.25) is 9.59 Å². The van der Waals surface area contributed by atoms with Crippen LogP contribution in [0.5, 0.6) is 0 Å². The first-order chi connectivity index (χ1) is 11.9. The second kappa shape index (κ2) is 8.09. The SMILES string of the molecule is COC(C)(CNC(=O)C(=O)Nc1ccc(Cl)cc1)c1ccccc1F. The second-order valence-electron chi connectivity index (χ2n) is 5.56. The van der Waals surface area contributed by atoms with E-state index in [1.165, 1.54) is 13.2 Å². The molecule has 0 spiro atoms. The lowest BCUT2D eigenvalue weighted by molar-refractivity contribution is -0.137. The number of anilines is 1.